The third-order valence-electron chi connectivity index (χ3n) is 5.99. The number of anilines is 1. The molecule has 0 amide bonds. The lowest BCUT2D eigenvalue weighted by atomic mass is 9.91. The van der Waals surface area contributed by atoms with Crippen molar-refractivity contribution in [3.05, 3.63) is 48.4 Å². The van der Waals surface area contributed by atoms with Crippen LogP contribution < -0.4 is 19.5 Å². The van der Waals surface area contributed by atoms with Gasteiger partial charge in [0.05, 0.1) is 38.1 Å². The summed E-state index contributed by atoms with van der Waals surface area (Å²) in [6.45, 7) is 6.39. The molecule has 0 aliphatic carbocycles. The number of hydrogen-bond acceptors (Lipinski definition) is 8. The highest BCUT2D eigenvalue weighted by molar-refractivity contribution is 5.85. The van der Waals surface area contributed by atoms with Crippen LogP contribution in [0.5, 0.6) is 17.2 Å². The Hall–Kier alpha value is -3.39. The molecule has 1 fully saturated rings. The van der Waals surface area contributed by atoms with Crippen molar-refractivity contribution < 1.29 is 19.0 Å². The summed E-state index contributed by atoms with van der Waals surface area (Å²) in [5.41, 5.74) is 3.02. The van der Waals surface area contributed by atoms with Crippen LogP contribution in [0.25, 0.3) is 10.9 Å². The fourth-order valence-corrected chi connectivity index (χ4v) is 4.20. The number of aldehydes is 1. The van der Waals surface area contributed by atoms with Crippen molar-refractivity contribution in [1.29, 1.82) is 0 Å². The Kier molecular flexibility index (Phi) is 9.66. The van der Waals surface area contributed by atoms with E-state index < -0.39 is 0 Å². The van der Waals surface area contributed by atoms with Gasteiger partial charge in [0.1, 0.15) is 18.4 Å². The minimum atomic E-state index is 0.241. The van der Waals surface area contributed by atoms with E-state index in [4.69, 9.17) is 14.2 Å². The topological polar surface area (TPSA) is 85.8 Å². The smallest absolute Gasteiger partial charge is 0.162 e. The summed E-state index contributed by atoms with van der Waals surface area (Å²) in [5.74, 6) is 2.66. The summed E-state index contributed by atoms with van der Waals surface area (Å²) in [4.78, 5) is 21.7. The molecule has 0 unspecified atom stereocenters. The molecule has 8 nitrogen and oxygen atoms in total. The quantitative estimate of drug-likeness (QED) is 0.470. The molecule has 35 heavy (non-hydrogen) atoms. The summed E-state index contributed by atoms with van der Waals surface area (Å²) in [6.07, 6.45) is 4.81. The van der Waals surface area contributed by atoms with Crippen LogP contribution in [0.15, 0.2) is 42.7 Å². The zero-order chi connectivity index (χ0) is 25.2. The fraction of sp³-hybridized carbons (Fsp3) is 0.444. The minimum Gasteiger partial charge on any atom is -0.493 e. The molecule has 2 heterocycles. The Morgan fingerprint density at radius 3 is 2.29 bits per heavy atom. The predicted octanol–water partition coefficient (Wildman–Crippen LogP) is 4.54. The van der Waals surface area contributed by atoms with Crippen molar-refractivity contribution in [3.63, 3.8) is 0 Å². The Balaban J connectivity index is 0.000000241. The van der Waals surface area contributed by atoms with Gasteiger partial charge in [-0.3, -0.25) is 4.90 Å². The Labute approximate surface area is 207 Å². The first-order valence-corrected chi connectivity index (χ1v) is 12.0. The maximum Gasteiger partial charge on any atom is 0.162 e. The number of likely N-dealkylation sites (tertiary alicyclic amines) is 1. The molecular formula is C27H36N4O4. The van der Waals surface area contributed by atoms with Gasteiger partial charge in [-0.25, -0.2) is 9.97 Å². The van der Waals surface area contributed by atoms with Crippen molar-refractivity contribution in [2.24, 2.45) is 0 Å². The van der Waals surface area contributed by atoms with Gasteiger partial charge in [-0.2, -0.15) is 0 Å². The van der Waals surface area contributed by atoms with Gasteiger partial charge in [-0.1, -0.05) is 0 Å². The average molecular weight is 481 g/mol. The van der Waals surface area contributed by atoms with Crippen molar-refractivity contribution >= 4 is 22.9 Å². The van der Waals surface area contributed by atoms with Crippen LogP contribution in [-0.2, 0) is 4.79 Å². The number of carbonyl (C=O) groups is 1. The number of fused-ring (bicyclic) bond motifs is 1. The van der Waals surface area contributed by atoms with E-state index in [1.165, 1.54) is 0 Å². The summed E-state index contributed by atoms with van der Waals surface area (Å²) in [5, 5.41) is 4.06. The molecule has 0 bridgehead atoms. The Morgan fingerprint density at radius 1 is 1.06 bits per heavy atom. The molecule has 0 saturated carbocycles. The molecular weight excluding hydrogens is 444 g/mol. The second-order valence-electron chi connectivity index (χ2n) is 8.67. The molecule has 1 N–H and O–H groups in total. The highest BCUT2D eigenvalue weighted by Crippen LogP contribution is 2.36. The van der Waals surface area contributed by atoms with Crippen LogP contribution in [0.2, 0.25) is 0 Å². The van der Waals surface area contributed by atoms with Crippen LogP contribution >= 0.6 is 0 Å². The maximum absolute atomic E-state index is 10.6. The molecule has 2 aromatic carbocycles. The van der Waals surface area contributed by atoms with Gasteiger partial charge in [0, 0.05) is 30.1 Å². The van der Waals surface area contributed by atoms with Crippen molar-refractivity contribution in [1.82, 2.24) is 14.9 Å². The van der Waals surface area contributed by atoms with Gasteiger partial charge in [0.2, 0.25) is 0 Å². The van der Waals surface area contributed by atoms with Crippen LogP contribution in [0.4, 0.5) is 5.69 Å². The third-order valence-corrected chi connectivity index (χ3v) is 5.99. The molecule has 1 aromatic heterocycles. The lowest BCUT2D eigenvalue weighted by molar-refractivity contribution is -0.109. The van der Waals surface area contributed by atoms with Crippen molar-refractivity contribution in [2.45, 2.75) is 38.7 Å². The highest BCUT2D eigenvalue weighted by atomic mass is 16.5. The Morgan fingerprint density at radius 2 is 1.71 bits per heavy atom. The van der Waals surface area contributed by atoms with Crippen LogP contribution in [0, 0.1) is 0 Å². The number of nitrogens with zero attached hydrogens (tertiary/aromatic N) is 3. The second kappa shape index (κ2) is 12.9. The van der Waals surface area contributed by atoms with E-state index in [0.717, 1.165) is 60.3 Å². The second-order valence-corrected chi connectivity index (χ2v) is 8.67. The van der Waals surface area contributed by atoms with E-state index >= 15 is 0 Å². The van der Waals surface area contributed by atoms with Gasteiger partial charge >= 0.3 is 0 Å². The average Bonchev–Trinajstić information content (AvgIpc) is 2.88. The van der Waals surface area contributed by atoms with E-state index in [2.05, 4.69) is 20.2 Å². The molecule has 188 valence electrons. The number of carbonyl (C=O) groups excluding carboxylic acids is 1. The number of piperidine rings is 1. The van der Waals surface area contributed by atoms with E-state index in [1.807, 2.05) is 57.3 Å². The van der Waals surface area contributed by atoms with Gasteiger partial charge in [0.25, 0.3) is 0 Å². The lowest BCUT2D eigenvalue weighted by Gasteiger charge is -2.30. The molecule has 3 aromatic rings. The molecule has 0 radical (unpaired) electrons. The molecule has 4 rings (SSSR count). The van der Waals surface area contributed by atoms with E-state index in [0.29, 0.717) is 24.0 Å². The summed E-state index contributed by atoms with van der Waals surface area (Å²) in [7, 11) is 5.15. The van der Waals surface area contributed by atoms with E-state index in [9.17, 15) is 4.79 Å². The first-order chi connectivity index (χ1) is 17.0. The molecule has 0 spiro atoms. The molecule has 0 atom stereocenters. The fourth-order valence-electron chi connectivity index (χ4n) is 4.20. The number of hydrogen-bond donors (Lipinski definition) is 1. The van der Waals surface area contributed by atoms with E-state index in [-0.39, 0.29) is 6.10 Å². The maximum atomic E-state index is 10.6. The van der Waals surface area contributed by atoms with E-state index in [1.54, 1.807) is 20.5 Å². The SMILES string of the molecule is CNc1ccc(OC(C)C)cc1.COc1cc2ncnc(C3CCN(CC=O)CC3)c2cc1OC. The van der Waals surface area contributed by atoms with Gasteiger partial charge in [0.15, 0.2) is 11.5 Å². The number of ether oxygens (including phenoxy) is 3. The normalized spacial score (nSPS) is 14.2. The zero-order valence-electron chi connectivity index (χ0n) is 21.3. The number of benzene rings is 2. The summed E-state index contributed by atoms with van der Waals surface area (Å²) < 4.78 is 16.2. The minimum absolute atomic E-state index is 0.241. The number of rotatable bonds is 8. The van der Waals surface area contributed by atoms with Crippen LogP contribution in [-0.4, -0.2) is 68.2 Å². The van der Waals surface area contributed by atoms with Gasteiger partial charge < -0.3 is 24.3 Å². The van der Waals surface area contributed by atoms with Crippen LogP contribution in [0.3, 0.4) is 0 Å². The van der Waals surface area contributed by atoms with Crippen molar-refractivity contribution in [3.8, 4) is 17.2 Å². The number of methoxy groups -OCH3 is 2. The highest BCUT2D eigenvalue weighted by Gasteiger charge is 2.23. The van der Waals surface area contributed by atoms with Crippen molar-refractivity contribution in [2.75, 3.05) is 46.2 Å². The molecule has 8 heteroatoms. The molecule has 1 saturated heterocycles. The molecule has 1 aliphatic heterocycles. The summed E-state index contributed by atoms with van der Waals surface area (Å²) in [6, 6.07) is 11.8. The van der Waals surface area contributed by atoms with Crippen LogP contribution in [0.1, 0.15) is 38.3 Å². The first kappa shape index (κ1) is 26.2. The van der Waals surface area contributed by atoms with Gasteiger partial charge in [-0.05, 0) is 70.1 Å². The zero-order valence-corrected chi connectivity index (χ0v) is 21.3. The number of nitrogens with one attached hydrogen (secondary N) is 1. The van der Waals surface area contributed by atoms with Gasteiger partial charge in [-0.15, -0.1) is 0 Å². The summed E-state index contributed by atoms with van der Waals surface area (Å²) >= 11 is 0. The monoisotopic (exact) mass is 480 g/mol. The predicted molar refractivity (Wildman–Crippen MR) is 139 cm³/mol. The third kappa shape index (κ3) is 7.05. The Bertz CT molecular complexity index is 1080. The first-order valence-electron chi connectivity index (χ1n) is 12.0. The largest absolute Gasteiger partial charge is 0.493 e. The standard InChI is InChI=1S/C17H21N3O3.C10H15NO/c1-22-15-9-13-14(10-16(15)23-2)18-11-19-17(13)12-3-5-20(6-4-12)7-8-21;1-8(2)12-10-6-4-9(11-3)5-7-10/h8-12H,3-7H2,1-2H3;4-8,11H,1-3H3. The number of aromatic nitrogens is 2. The molecule has 1 aliphatic rings. The lowest BCUT2D eigenvalue weighted by Crippen LogP contribution is -2.34.